The number of carboxylic acids is 1. The molecule has 3 heterocycles. The predicted molar refractivity (Wildman–Crippen MR) is 95.3 cm³/mol. The van der Waals surface area contributed by atoms with E-state index in [-0.39, 0.29) is 24.7 Å². The first kappa shape index (κ1) is 18.8. The standard InChI is InChI=1S/C18H23N5O4/c1-11-18(13(3)24)12(2)23(19-11)10-16(25)21-6-7-22-15(9-21)8-14(20-22)4-5-17(26)27/h8H,4-7,9-10H2,1-3H3,(H,26,27). The summed E-state index contributed by atoms with van der Waals surface area (Å²) >= 11 is 0. The Kier molecular flexibility index (Phi) is 5.11. The largest absolute Gasteiger partial charge is 0.481 e. The number of aliphatic carboxylic acids is 1. The fourth-order valence-electron chi connectivity index (χ4n) is 3.48. The molecule has 0 unspecified atom stereocenters. The highest BCUT2D eigenvalue weighted by molar-refractivity contribution is 5.96. The molecule has 9 nitrogen and oxygen atoms in total. The van der Waals surface area contributed by atoms with E-state index in [1.165, 1.54) is 6.92 Å². The van der Waals surface area contributed by atoms with Gasteiger partial charge in [0.05, 0.1) is 42.2 Å². The van der Waals surface area contributed by atoms with Crippen LogP contribution in [0.25, 0.3) is 0 Å². The summed E-state index contributed by atoms with van der Waals surface area (Å²) in [5.74, 6) is -0.984. The normalized spacial score (nSPS) is 13.5. The van der Waals surface area contributed by atoms with Gasteiger partial charge in [0, 0.05) is 18.7 Å². The number of ketones is 1. The van der Waals surface area contributed by atoms with Gasteiger partial charge in [0.2, 0.25) is 5.91 Å². The van der Waals surface area contributed by atoms with Crippen LogP contribution in [0.3, 0.4) is 0 Å². The second-order valence-electron chi connectivity index (χ2n) is 6.82. The molecule has 0 fully saturated rings. The van der Waals surface area contributed by atoms with Crippen molar-refractivity contribution >= 4 is 17.7 Å². The molecular weight excluding hydrogens is 350 g/mol. The first-order chi connectivity index (χ1) is 12.8. The van der Waals surface area contributed by atoms with Gasteiger partial charge >= 0.3 is 5.97 Å². The van der Waals surface area contributed by atoms with Gasteiger partial charge in [0.1, 0.15) is 6.54 Å². The van der Waals surface area contributed by atoms with Crippen LogP contribution in [0, 0.1) is 13.8 Å². The van der Waals surface area contributed by atoms with E-state index < -0.39 is 5.97 Å². The lowest BCUT2D eigenvalue weighted by molar-refractivity contribution is -0.137. The van der Waals surface area contributed by atoms with Crippen molar-refractivity contribution in [2.24, 2.45) is 0 Å². The van der Waals surface area contributed by atoms with Gasteiger partial charge in [0.25, 0.3) is 0 Å². The molecule has 27 heavy (non-hydrogen) atoms. The minimum absolute atomic E-state index is 0.0372. The summed E-state index contributed by atoms with van der Waals surface area (Å²) in [5, 5.41) is 17.5. The Labute approximate surface area is 156 Å². The van der Waals surface area contributed by atoms with Crippen molar-refractivity contribution in [3.8, 4) is 0 Å². The van der Waals surface area contributed by atoms with Crippen molar-refractivity contribution < 1.29 is 19.5 Å². The fourth-order valence-corrected chi connectivity index (χ4v) is 3.48. The molecule has 2 aromatic rings. The van der Waals surface area contributed by atoms with Crippen molar-refractivity contribution in [2.45, 2.75) is 53.2 Å². The summed E-state index contributed by atoms with van der Waals surface area (Å²) in [6.45, 7) is 6.68. The smallest absolute Gasteiger partial charge is 0.303 e. The highest BCUT2D eigenvalue weighted by atomic mass is 16.4. The van der Waals surface area contributed by atoms with Crippen molar-refractivity contribution in [1.82, 2.24) is 24.5 Å². The van der Waals surface area contributed by atoms with Crippen molar-refractivity contribution in [3.63, 3.8) is 0 Å². The Morgan fingerprint density at radius 2 is 1.93 bits per heavy atom. The number of nitrogens with zero attached hydrogens (tertiary/aromatic N) is 5. The van der Waals surface area contributed by atoms with Crippen LogP contribution in [0.1, 0.15) is 46.5 Å². The average Bonchev–Trinajstić information content (AvgIpc) is 3.12. The SMILES string of the molecule is CC(=O)c1c(C)nn(CC(=O)N2CCn3nc(CCC(=O)O)cc3C2)c1C. The molecule has 9 heteroatoms. The third-order valence-corrected chi connectivity index (χ3v) is 4.81. The number of Topliss-reactive ketones (excluding diaryl/α,β-unsaturated/α-hetero) is 1. The van der Waals surface area contributed by atoms with Crippen LogP contribution in [-0.4, -0.2) is 53.8 Å². The van der Waals surface area contributed by atoms with E-state index in [4.69, 9.17) is 5.11 Å². The van der Waals surface area contributed by atoms with E-state index in [2.05, 4.69) is 10.2 Å². The molecule has 0 aromatic carbocycles. The molecule has 0 aliphatic carbocycles. The summed E-state index contributed by atoms with van der Waals surface area (Å²) < 4.78 is 3.41. The van der Waals surface area contributed by atoms with Crippen LogP contribution >= 0.6 is 0 Å². The first-order valence-corrected chi connectivity index (χ1v) is 8.86. The molecule has 144 valence electrons. The summed E-state index contributed by atoms with van der Waals surface area (Å²) in [6, 6.07) is 1.86. The molecule has 1 aliphatic heterocycles. The highest BCUT2D eigenvalue weighted by Gasteiger charge is 2.24. The number of aryl methyl sites for hydroxylation is 2. The number of hydrogen-bond donors (Lipinski definition) is 1. The lowest BCUT2D eigenvalue weighted by atomic mass is 10.1. The number of carboxylic acid groups (broad SMARTS) is 1. The molecule has 0 spiro atoms. The Bertz CT molecular complexity index is 911. The summed E-state index contributed by atoms with van der Waals surface area (Å²) in [4.78, 5) is 36.9. The van der Waals surface area contributed by atoms with E-state index in [0.29, 0.717) is 43.0 Å². The fraction of sp³-hybridized carbons (Fsp3) is 0.500. The predicted octanol–water partition coefficient (Wildman–Crippen LogP) is 0.959. The second-order valence-corrected chi connectivity index (χ2v) is 6.82. The quantitative estimate of drug-likeness (QED) is 0.755. The molecular formula is C18H23N5O4. The number of carbonyl (C=O) groups is 3. The van der Waals surface area contributed by atoms with E-state index in [0.717, 1.165) is 11.4 Å². The minimum atomic E-state index is -0.854. The molecule has 1 aliphatic rings. The molecule has 0 saturated carbocycles. The lowest BCUT2D eigenvalue weighted by Crippen LogP contribution is -2.40. The number of hydrogen-bond acceptors (Lipinski definition) is 5. The maximum Gasteiger partial charge on any atom is 0.303 e. The van der Waals surface area contributed by atoms with E-state index in [9.17, 15) is 14.4 Å². The van der Waals surface area contributed by atoms with Gasteiger partial charge in [-0.25, -0.2) is 0 Å². The van der Waals surface area contributed by atoms with Gasteiger partial charge in [-0.2, -0.15) is 10.2 Å². The van der Waals surface area contributed by atoms with Gasteiger partial charge in [0.15, 0.2) is 5.78 Å². The molecule has 3 rings (SSSR count). The summed E-state index contributed by atoms with van der Waals surface area (Å²) in [7, 11) is 0. The number of fused-ring (bicyclic) bond motifs is 1. The van der Waals surface area contributed by atoms with Gasteiger partial charge in [-0.3, -0.25) is 23.7 Å². The van der Waals surface area contributed by atoms with E-state index in [1.807, 2.05) is 10.7 Å². The maximum absolute atomic E-state index is 12.7. The molecule has 2 aromatic heterocycles. The molecule has 1 amide bonds. The van der Waals surface area contributed by atoms with Crippen molar-refractivity contribution in [3.05, 3.63) is 34.4 Å². The number of rotatable bonds is 6. The van der Waals surface area contributed by atoms with Crippen molar-refractivity contribution in [1.29, 1.82) is 0 Å². The van der Waals surface area contributed by atoms with Gasteiger partial charge < -0.3 is 10.0 Å². The molecule has 0 radical (unpaired) electrons. The van der Waals surface area contributed by atoms with E-state index in [1.54, 1.807) is 23.4 Å². The van der Waals surface area contributed by atoms with E-state index >= 15 is 0 Å². The number of carbonyl (C=O) groups excluding carboxylic acids is 2. The zero-order chi connectivity index (χ0) is 19.7. The first-order valence-electron chi connectivity index (χ1n) is 8.86. The molecule has 1 N–H and O–H groups in total. The Hall–Kier alpha value is -2.97. The molecule has 0 atom stereocenters. The Balaban J connectivity index is 1.68. The number of amides is 1. The van der Waals surface area contributed by atoms with Gasteiger partial charge in [-0.05, 0) is 26.8 Å². The van der Waals surface area contributed by atoms with Crippen LogP contribution in [0.4, 0.5) is 0 Å². The monoisotopic (exact) mass is 373 g/mol. The van der Waals surface area contributed by atoms with Crippen LogP contribution in [-0.2, 0) is 35.6 Å². The molecule has 0 saturated heterocycles. The molecule has 0 bridgehead atoms. The zero-order valence-electron chi connectivity index (χ0n) is 15.7. The van der Waals surface area contributed by atoms with Crippen LogP contribution < -0.4 is 0 Å². The van der Waals surface area contributed by atoms with Gasteiger partial charge in [-0.15, -0.1) is 0 Å². The van der Waals surface area contributed by atoms with Gasteiger partial charge in [-0.1, -0.05) is 0 Å². The Morgan fingerprint density at radius 3 is 2.56 bits per heavy atom. The third-order valence-electron chi connectivity index (χ3n) is 4.81. The number of aromatic nitrogens is 4. The Morgan fingerprint density at radius 1 is 1.19 bits per heavy atom. The minimum Gasteiger partial charge on any atom is -0.481 e. The second kappa shape index (κ2) is 7.34. The zero-order valence-corrected chi connectivity index (χ0v) is 15.7. The van der Waals surface area contributed by atoms with Crippen LogP contribution in [0.15, 0.2) is 6.07 Å². The highest BCUT2D eigenvalue weighted by Crippen LogP contribution is 2.17. The third kappa shape index (κ3) is 3.91. The average molecular weight is 373 g/mol. The maximum atomic E-state index is 12.7. The van der Waals surface area contributed by atoms with Crippen LogP contribution in [0.2, 0.25) is 0 Å². The summed E-state index contributed by atoms with van der Waals surface area (Å²) in [6.07, 6.45) is 0.415. The lowest BCUT2D eigenvalue weighted by Gasteiger charge is -2.27. The topological polar surface area (TPSA) is 110 Å². The van der Waals surface area contributed by atoms with Crippen LogP contribution in [0.5, 0.6) is 0 Å². The van der Waals surface area contributed by atoms with Crippen molar-refractivity contribution in [2.75, 3.05) is 6.54 Å². The summed E-state index contributed by atoms with van der Waals surface area (Å²) in [5.41, 5.74) is 3.53.